The minimum absolute atomic E-state index is 0.0515. The lowest BCUT2D eigenvalue weighted by Crippen LogP contribution is -2.44. The van der Waals surface area contributed by atoms with Crippen molar-refractivity contribution in [1.82, 2.24) is 9.62 Å². The zero-order valence-electron chi connectivity index (χ0n) is 18.8. The van der Waals surface area contributed by atoms with Crippen molar-refractivity contribution in [2.75, 3.05) is 26.3 Å². The standard InChI is InChI=1S/C23H36N2O5S/c1-3-4-5-6-8-18(2)24-23(26)19-11-13-25(14-12-19)31(27,28)20-9-10-21-22(17-20)30-16-7-15-29-21/h9-10,17-19H,3-8,11-16H2,1-2H3,(H,24,26). The monoisotopic (exact) mass is 452 g/mol. The van der Waals surface area contributed by atoms with Crippen LogP contribution in [0, 0.1) is 5.92 Å². The highest BCUT2D eigenvalue weighted by Crippen LogP contribution is 2.33. The van der Waals surface area contributed by atoms with Crippen LogP contribution < -0.4 is 14.8 Å². The lowest BCUT2D eigenvalue weighted by atomic mass is 9.96. The van der Waals surface area contributed by atoms with E-state index in [2.05, 4.69) is 12.2 Å². The summed E-state index contributed by atoms with van der Waals surface area (Å²) < 4.78 is 38.9. The van der Waals surface area contributed by atoms with Gasteiger partial charge in [-0.05, 0) is 38.3 Å². The number of carbonyl (C=O) groups is 1. The number of nitrogens with one attached hydrogen (secondary N) is 1. The van der Waals surface area contributed by atoms with Gasteiger partial charge in [0.05, 0.1) is 18.1 Å². The van der Waals surface area contributed by atoms with E-state index in [1.807, 2.05) is 6.92 Å². The predicted molar refractivity (Wildman–Crippen MR) is 120 cm³/mol. The number of amides is 1. The van der Waals surface area contributed by atoms with Gasteiger partial charge in [0.1, 0.15) is 0 Å². The Morgan fingerprint density at radius 2 is 1.84 bits per heavy atom. The molecule has 1 saturated heterocycles. The first-order valence-electron chi connectivity index (χ1n) is 11.6. The quantitative estimate of drug-likeness (QED) is 0.577. The molecule has 174 valence electrons. The van der Waals surface area contributed by atoms with Crippen LogP contribution in [0.2, 0.25) is 0 Å². The summed E-state index contributed by atoms with van der Waals surface area (Å²) in [6.07, 6.45) is 7.60. The van der Waals surface area contributed by atoms with Gasteiger partial charge in [-0.15, -0.1) is 0 Å². The largest absolute Gasteiger partial charge is 0.490 e. The smallest absolute Gasteiger partial charge is 0.243 e. The highest BCUT2D eigenvalue weighted by atomic mass is 32.2. The number of hydrogen-bond acceptors (Lipinski definition) is 5. The zero-order chi connectivity index (χ0) is 22.3. The molecule has 0 saturated carbocycles. The average Bonchev–Trinajstić information content (AvgIpc) is 3.01. The van der Waals surface area contributed by atoms with E-state index in [1.165, 1.54) is 23.6 Å². The van der Waals surface area contributed by atoms with Crippen molar-refractivity contribution in [1.29, 1.82) is 0 Å². The maximum atomic E-state index is 13.1. The molecule has 0 bridgehead atoms. The third-order valence-electron chi connectivity index (χ3n) is 6.06. The first kappa shape index (κ1) is 23.9. The number of fused-ring (bicyclic) bond motifs is 1. The van der Waals surface area contributed by atoms with E-state index >= 15 is 0 Å². The predicted octanol–water partition coefficient (Wildman–Crippen LogP) is 3.72. The first-order valence-corrected chi connectivity index (χ1v) is 13.1. The van der Waals surface area contributed by atoms with E-state index in [1.54, 1.807) is 18.2 Å². The number of ether oxygens (including phenoxy) is 2. The molecule has 0 aromatic heterocycles. The third kappa shape index (κ3) is 6.35. The van der Waals surface area contributed by atoms with Gasteiger partial charge in [0.2, 0.25) is 15.9 Å². The Labute approximate surface area is 186 Å². The maximum Gasteiger partial charge on any atom is 0.243 e. The van der Waals surface area contributed by atoms with E-state index in [4.69, 9.17) is 9.47 Å². The van der Waals surface area contributed by atoms with Gasteiger partial charge in [-0.25, -0.2) is 8.42 Å². The molecule has 31 heavy (non-hydrogen) atoms. The molecule has 7 nitrogen and oxygen atoms in total. The zero-order valence-corrected chi connectivity index (χ0v) is 19.6. The molecule has 3 rings (SSSR count). The van der Waals surface area contributed by atoms with Crippen LogP contribution in [0.1, 0.15) is 65.2 Å². The second kappa shape index (κ2) is 11.2. The molecule has 1 unspecified atom stereocenters. The normalized spacial score (nSPS) is 18.9. The molecule has 0 aliphatic carbocycles. The maximum absolute atomic E-state index is 13.1. The Morgan fingerprint density at radius 3 is 2.55 bits per heavy atom. The number of carbonyl (C=O) groups excluding carboxylic acids is 1. The number of sulfonamides is 1. The lowest BCUT2D eigenvalue weighted by molar-refractivity contribution is -0.126. The van der Waals surface area contributed by atoms with Crippen LogP contribution in [-0.4, -0.2) is 51.0 Å². The number of piperidine rings is 1. The van der Waals surface area contributed by atoms with Crippen molar-refractivity contribution in [3.8, 4) is 11.5 Å². The number of unbranched alkanes of at least 4 members (excludes halogenated alkanes) is 3. The van der Waals surface area contributed by atoms with E-state index in [0.29, 0.717) is 50.6 Å². The van der Waals surface area contributed by atoms with Crippen molar-refractivity contribution in [2.45, 2.75) is 76.2 Å². The van der Waals surface area contributed by atoms with Crippen LogP contribution >= 0.6 is 0 Å². The topological polar surface area (TPSA) is 84.9 Å². The highest BCUT2D eigenvalue weighted by Gasteiger charge is 2.33. The molecule has 1 aromatic rings. The minimum Gasteiger partial charge on any atom is -0.490 e. The second-order valence-corrected chi connectivity index (χ2v) is 10.5. The van der Waals surface area contributed by atoms with Crippen molar-refractivity contribution in [3.05, 3.63) is 18.2 Å². The Morgan fingerprint density at radius 1 is 1.13 bits per heavy atom. The van der Waals surface area contributed by atoms with Gasteiger partial charge in [-0.2, -0.15) is 4.31 Å². The molecule has 2 aliphatic heterocycles. The van der Waals surface area contributed by atoms with Gasteiger partial charge in [0.15, 0.2) is 11.5 Å². The number of hydrogen-bond donors (Lipinski definition) is 1. The molecule has 1 N–H and O–H groups in total. The molecule has 0 radical (unpaired) electrons. The van der Waals surface area contributed by atoms with Crippen molar-refractivity contribution >= 4 is 15.9 Å². The fraction of sp³-hybridized carbons (Fsp3) is 0.696. The molecule has 1 aromatic carbocycles. The minimum atomic E-state index is -3.63. The second-order valence-electron chi connectivity index (χ2n) is 8.60. The number of rotatable bonds is 9. The SMILES string of the molecule is CCCCCCC(C)NC(=O)C1CCN(S(=O)(=O)c2ccc3c(c2)OCCCO3)CC1. The number of benzene rings is 1. The summed E-state index contributed by atoms with van der Waals surface area (Å²) >= 11 is 0. The molecule has 8 heteroatoms. The fourth-order valence-electron chi connectivity index (χ4n) is 4.12. The first-order chi connectivity index (χ1) is 14.9. The Hall–Kier alpha value is -1.80. The lowest BCUT2D eigenvalue weighted by Gasteiger charge is -2.31. The summed E-state index contributed by atoms with van der Waals surface area (Å²) in [6, 6.07) is 4.94. The van der Waals surface area contributed by atoms with Crippen LogP contribution in [0.4, 0.5) is 0 Å². The summed E-state index contributed by atoms with van der Waals surface area (Å²) in [5.74, 6) is 0.973. The van der Waals surface area contributed by atoms with Crippen molar-refractivity contribution in [3.63, 3.8) is 0 Å². The summed E-state index contributed by atoms with van der Waals surface area (Å²) in [5, 5.41) is 3.11. The van der Waals surface area contributed by atoms with Gasteiger partial charge in [-0.3, -0.25) is 4.79 Å². The van der Waals surface area contributed by atoms with Crippen molar-refractivity contribution in [2.24, 2.45) is 5.92 Å². The average molecular weight is 453 g/mol. The highest BCUT2D eigenvalue weighted by molar-refractivity contribution is 7.89. The molecule has 1 atom stereocenters. The summed E-state index contributed by atoms with van der Waals surface area (Å²) in [4.78, 5) is 12.8. The summed E-state index contributed by atoms with van der Waals surface area (Å²) in [7, 11) is -3.63. The fourth-order valence-corrected chi connectivity index (χ4v) is 5.61. The molecular weight excluding hydrogens is 416 g/mol. The van der Waals surface area contributed by atoms with E-state index < -0.39 is 10.0 Å². The van der Waals surface area contributed by atoms with E-state index in [-0.39, 0.29) is 22.8 Å². The van der Waals surface area contributed by atoms with Gasteiger partial charge < -0.3 is 14.8 Å². The summed E-state index contributed by atoms with van der Waals surface area (Å²) in [6.45, 7) is 6.00. The van der Waals surface area contributed by atoms with Gasteiger partial charge >= 0.3 is 0 Å². The molecular formula is C23H36N2O5S. The van der Waals surface area contributed by atoms with Crippen LogP contribution in [0.5, 0.6) is 11.5 Å². The van der Waals surface area contributed by atoms with E-state index in [0.717, 1.165) is 19.3 Å². The molecule has 2 aliphatic rings. The summed E-state index contributed by atoms with van der Waals surface area (Å²) in [5.41, 5.74) is 0. The Kier molecular flexibility index (Phi) is 8.60. The van der Waals surface area contributed by atoms with Gasteiger partial charge in [0, 0.05) is 37.5 Å². The van der Waals surface area contributed by atoms with Crippen LogP contribution in [0.3, 0.4) is 0 Å². The number of nitrogens with zero attached hydrogens (tertiary/aromatic N) is 1. The molecule has 1 fully saturated rings. The Balaban J connectivity index is 1.52. The van der Waals surface area contributed by atoms with E-state index in [9.17, 15) is 13.2 Å². The van der Waals surface area contributed by atoms with Gasteiger partial charge in [0.25, 0.3) is 0 Å². The van der Waals surface area contributed by atoms with Crippen LogP contribution in [0.15, 0.2) is 23.1 Å². The molecule has 2 heterocycles. The van der Waals surface area contributed by atoms with Crippen molar-refractivity contribution < 1.29 is 22.7 Å². The third-order valence-corrected chi connectivity index (χ3v) is 7.96. The van der Waals surface area contributed by atoms with Crippen LogP contribution in [-0.2, 0) is 14.8 Å². The molecule has 1 amide bonds. The molecule has 0 spiro atoms. The van der Waals surface area contributed by atoms with Gasteiger partial charge in [-0.1, -0.05) is 32.6 Å². The Bertz CT molecular complexity index is 834. The van der Waals surface area contributed by atoms with Crippen LogP contribution in [0.25, 0.3) is 0 Å².